The van der Waals surface area contributed by atoms with Gasteiger partial charge in [0.05, 0.1) is 17.5 Å². The Labute approximate surface area is 136 Å². The van der Waals surface area contributed by atoms with Crippen LogP contribution in [0.15, 0.2) is 48.7 Å². The highest BCUT2D eigenvalue weighted by Crippen LogP contribution is 2.30. The highest BCUT2D eigenvalue weighted by molar-refractivity contribution is 5.68. The third kappa shape index (κ3) is 3.08. The van der Waals surface area contributed by atoms with Crippen LogP contribution in [0.3, 0.4) is 0 Å². The standard InChI is InChI=1S/C19H23N3O/c1-13(2)23-16-9-7-15(8-10-16)18-19(14(3)12-20)22-11-5-4-6-17(22)21-18/h4-11,13-14H,12,20H2,1-3H3. The van der Waals surface area contributed by atoms with E-state index in [1.165, 1.54) is 0 Å². The molecule has 2 aromatic heterocycles. The van der Waals surface area contributed by atoms with E-state index >= 15 is 0 Å². The summed E-state index contributed by atoms with van der Waals surface area (Å²) in [5.74, 6) is 1.11. The van der Waals surface area contributed by atoms with E-state index in [1.54, 1.807) is 0 Å². The topological polar surface area (TPSA) is 52.5 Å². The summed E-state index contributed by atoms with van der Waals surface area (Å²) in [7, 11) is 0. The number of fused-ring (bicyclic) bond motifs is 1. The van der Waals surface area contributed by atoms with Gasteiger partial charge in [-0.2, -0.15) is 0 Å². The zero-order valence-electron chi connectivity index (χ0n) is 13.9. The molecule has 2 N–H and O–H groups in total. The number of hydrogen-bond acceptors (Lipinski definition) is 3. The van der Waals surface area contributed by atoms with Crippen molar-refractivity contribution in [1.82, 2.24) is 9.38 Å². The van der Waals surface area contributed by atoms with Crippen molar-refractivity contribution >= 4 is 5.65 Å². The molecular formula is C19H23N3O. The second-order valence-corrected chi connectivity index (χ2v) is 6.10. The SMILES string of the molecule is CC(C)Oc1ccc(-c2nc3ccccn3c2C(C)CN)cc1. The lowest BCUT2D eigenvalue weighted by atomic mass is 10.0. The molecule has 0 spiro atoms. The molecule has 1 unspecified atom stereocenters. The Morgan fingerprint density at radius 2 is 1.83 bits per heavy atom. The Morgan fingerprint density at radius 1 is 1.09 bits per heavy atom. The summed E-state index contributed by atoms with van der Waals surface area (Å²) in [5, 5.41) is 0. The van der Waals surface area contributed by atoms with Crippen molar-refractivity contribution in [1.29, 1.82) is 0 Å². The Morgan fingerprint density at radius 3 is 2.48 bits per heavy atom. The van der Waals surface area contributed by atoms with Gasteiger partial charge in [-0.25, -0.2) is 4.98 Å². The van der Waals surface area contributed by atoms with Crippen molar-refractivity contribution in [3.05, 3.63) is 54.4 Å². The number of hydrogen-bond donors (Lipinski definition) is 1. The molecular weight excluding hydrogens is 286 g/mol. The molecule has 1 atom stereocenters. The second-order valence-electron chi connectivity index (χ2n) is 6.10. The number of nitrogens with two attached hydrogens (primary N) is 1. The largest absolute Gasteiger partial charge is 0.491 e. The fourth-order valence-electron chi connectivity index (χ4n) is 2.77. The number of aromatic nitrogens is 2. The fraction of sp³-hybridized carbons (Fsp3) is 0.316. The minimum atomic E-state index is 0.170. The molecule has 0 aliphatic heterocycles. The summed E-state index contributed by atoms with van der Waals surface area (Å²) < 4.78 is 7.85. The Kier molecular flexibility index (Phi) is 4.35. The molecule has 4 heteroatoms. The van der Waals surface area contributed by atoms with Crippen molar-refractivity contribution in [3.8, 4) is 17.0 Å². The summed E-state index contributed by atoms with van der Waals surface area (Å²) in [6.45, 7) is 6.77. The van der Waals surface area contributed by atoms with Gasteiger partial charge in [0.2, 0.25) is 0 Å². The quantitative estimate of drug-likeness (QED) is 0.779. The molecule has 120 valence electrons. The van der Waals surface area contributed by atoms with E-state index in [2.05, 4.69) is 23.5 Å². The molecule has 3 rings (SSSR count). The van der Waals surface area contributed by atoms with Crippen LogP contribution in [0.25, 0.3) is 16.9 Å². The predicted octanol–water partition coefficient (Wildman–Crippen LogP) is 3.85. The van der Waals surface area contributed by atoms with Gasteiger partial charge in [-0.1, -0.05) is 13.0 Å². The molecule has 0 bridgehead atoms. The van der Waals surface area contributed by atoms with Gasteiger partial charge in [-0.05, 0) is 50.2 Å². The summed E-state index contributed by atoms with van der Waals surface area (Å²) in [5.41, 5.74) is 10.1. The lowest BCUT2D eigenvalue weighted by molar-refractivity contribution is 0.242. The van der Waals surface area contributed by atoms with Gasteiger partial charge in [0.1, 0.15) is 11.4 Å². The minimum absolute atomic E-state index is 0.170. The van der Waals surface area contributed by atoms with Gasteiger partial charge in [-0.3, -0.25) is 0 Å². The minimum Gasteiger partial charge on any atom is -0.491 e. The van der Waals surface area contributed by atoms with Crippen LogP contribution in [0.1, 0.15) is 32.4 Å². The van der Waals surface area contributed by atoms with Gasteiger partial charge in [0.25, 0.3) is 0 Å². The van der Waals surface area contributed by atoms with Crippen molar-refractivity contribution in [2.45, 2.75) is 32.8 Å². The highest BCUT2D eigenvalue weighted by atomic mass is 16.5. The monoisotopic (exact) mass is 309 g/mol. The summed E-state index contributed by atoms with van der Waals surface area (Å²) in [4.78, 5) is 4.81. The van der Waals surface area contributed by atoms with E-state index < -0.39 is 0 Å². The first-order valence-corrected chi connectivity index (χ1v) is 8.04. The van der Waals surface area contributed by atoms with Crippen molar-refractivity contribution < 1.29 is 4.74 Å². The summed E-state index contributed by atoms with van der Waals surface area (Å²) in [6.07, 6.45) is 2.22. The van der Waals surface area contributed by atoms with E-state index in [0.29, 0.717) is 6.54 Å². The van der Waals surface area contributed by atoms with Crippen LogP contribution >= 0.6 is 0 Å². The van der Waals surface area contributed by atoms with Crippen LogP contribution in [-0.2, 0) is 0 Å². The molecule has 0 amide bonds. The van der Waals surface area contributed by atoms with Crippen LogP contribution < -0.4 is 10.5 Å². The second kappa shape index (κ2) is 6.42. The predicted molar refractivity (Wildman–Crippen MR) is 93.9 cm³/mol. The number of benzene rings is 1. The number of pyridine rings is 1. The zero-order valence-corrected chi connectivity index (χ0v) is 13.9. The number of nitrogens with zero attached hydrogens (tertiary/aromatic N) is 2. The fourth-order valence-corrected chi connectivity index (χ4v) is 2.77. The molecule has 1 aromatic carbocycles. The first-order chi connectivity index (χ1) is 11.1. The Bertz CT molecular complexity index is 790. The van der Waals surface area contributed by atoms with Crippen molar-refractivity contribution in [2.75, 3.05) is 6.54 Å². The molecule has 3 aromatic rings. The highest BCUT2D eigenvalue weighted by Gasteiger charge is 2.18. The maximum atomic E-state index is 5.92. The lowest BCUT2D eigenvalue weighted by Gasteiger charge is -2.12. The number of rotatable bonds is 5. The molecule has 0 aliphatic carbocycles. The van der Waals surface area contributed by atoms with Gasteiger partial charge in [0, 0.05) is 24.2 Å². The normalized spacial score (nSPS) is 12.7. The first kappa shape index (κ1) is 15.6. The molecule has 23 heavy (non-hydrogen) atoms. The number of imidazole rings is 1. The van der Waals surface area contributed by atoms with E-state index in [-0.39, 0.29) is 12.0 Å². The first-order valence-electron chi connectivity index (χ1n) is 8.04. The molecule has 0 radical (unpaired) electrons. The van der Waals surface area contributed by atoms with Gasteiger partial charge in [-0.15, -0.1) is 0 Å². The third-order valence-electron chi connectivity index (χ3n) is 3.89. The Hall–Kier alpha value is -2.33. The smallest absolute Gasteiger partial charge is 0.137 e. The van der Waals surface area contributed by atoms with Crippen LogP contribution in [0.4, 0.5) is 0 Å². The van der Waals surface area contributed by atoms with Crippen LogP contribution in [0.5, 0.6) is 5.75 Å². The maximum Gasteiger partial charge on any atom is 0.137 e. The van der Waals surface area contributed by atoms with Crippen molar-refractivity contribution in [2.24, 2.45) is 5.73 Å². The summed E-state index contributed by atoms with van der Waals surface area (Å²) >= 11 is 0. The van der Waals surface area contributed by atoms with Crippen molar-refractivity contribution in [3.63, 3.8) is 0 Å². The van der Waals surface area contributed by atoms with Gasteiger partial charge in [0.15, 0.2) is 0 Å². The molecule has 4 nitrogen and oxygen atoms in total. The lowest BCUT2D eigenvalue weighted by Crippen LogP contribution is -2.12. The van der Waals surface area contributed by atoms with Crippen LogP contribution in [0, 0.1) is 0 Å². The molecule has 0 saturated heterocycles. The van der Waals surface area contributed by atoms with Gasteiger partial charge < -0.3 is 14.9 Å². The average Bonchev–Trinajstić information content (AvgIpc) is 2.93. The molecule has 0 fully saturated rings. The van der Waals surface area contributed by atoms with E-state index in [9.17, 15) is 0 Å². The Balaban J connectivity index is 2.08. The third-order valence-corrected chi connectivity index (χ3v) is 3.89. The van der Waals surface area contributed by atoms with Crippen LogP contribution in [0.2, 0.25) is 0 Å². The average molecular weight is 309 g/mol. The molecule has 2 heterocycles. The van der Waals surface area contributed by atoms with Gasteiger partial charge >= 0.3 is 0 Å². The molecule has 0 saturated carbocycles. The van der Waals surface area contributed by atoms with E-state index in [4.69, 9.17) is 15.5 Å². The van der Waals surface area contributed by atoms with Crippen LogP contribution in [-0.4, -0.2) is 22.0 Å². The maximum absolute atomic E-state index is 5.92. The summed E-state index contributed by atoms with van der Waals surface area (Å²) in [6, 6.07) is 14.2. The van der Waals surface area contributed by atoms with E-state index in [1.807, 2.05) is 50.4 Å². The molecule has 0 aliphatic rings. The number of ether oxygens (including phenoxy) is 1. The van der Waals surface area contributed by atoms with E-state index in [0.717, 1.165) is 28.3 Å². The zero-order chi connectivity index (χ0) is 16.4.